The van der Waals surface area contributed by atoms with Gasteiger partial charge in [-0.1, -0.05) is 0 Å². The molecule has 0 bridgehead atoms. The maximum Gasteiger partial charge on any atom is 0.147 e. The van der Waals surface area contributed by atoms with Gasteiger partial charge in [0.1, 0.15) is 5.82 Å². The molecular formula is C11H12N4. The van der Waals surface area contributed by atoms with Crippen LogP contribution in [0.2, 0.25) is 0 Å². The van der Waals surface area contributed by atoms with Crippen molar-refractivity contribution >= 4 is 5.82 Å². The molecule has 4 nitrogen and oxygen atoms in total. The molecule has 0 N–H and O–H groups in total. The van der Waals surface area contributed by atoms with Crippen LogP contribution in [0.15, 0.2) is 36.9 Å². The molecule has 0 fully saturated rings. The smallest absolute Gasteiger partial charge is 0.147 e. The highest BCUT2D eigenvalue weighted by Gasteiger charge is 2.02. The maximum atomic E-state index is 4.48. The van der Waals surface area contributed by atoms with Gasteiger partial charge in [0.25, 0.3) is 0 Å². The number of aromatic nitrogens is 3. The molecule has 15 heavy (non-hydrogen) atoms. The zero-order valence-electron chi connectivity index (χ0n) is 8.75. The van der Waals surface area contributed by atoms with Crippen LogP contribution in [-0.4, -0.2) is 29.0 Å². The summed E-state index contributed by atoms with van der Waals surface area (Å²) >= 11 is 0. The molecule has 0 radical (unpaired) electrons. The monoisotopic (exact) mass is 200 g/mol. The van der Waals surface area contributed by atoms with Crippen molar-refractivity contribution < 1.29 is 0 Å². The highest BCUT2D eigenvalue weighted by Crippen LogP contribution is 2.16. The molecule has 0 atom stereocenters. The first-order valence-corrected chi connectivity index (χ1v) is 4.67. The summed E-state index contributed by atoms with van der Waals surface area (Å²) in [6.45, 7) is 0. The van der Waals surface area contributed by atoms with E-state index in [0.29, 0.717) is 0 Å². The van der Waals surface area contributed by atoms with E-state index in [1.807, 2.05) is 31.1 Å². The van der Waals surface area contributed by atoms with Crippen LogP contribution in [0.5, 0.6) is 0 Å². The van der Waals surface area contributed by atoms with E-state index in [1.54, 1.807) is 24.8 Å². The number of hydrogen-bond acceptors (Lipinski definition) is 4. The quantitative estimate of drug-likeness (QED) is 0.738. The Morgan fingerprint density at radius 2 is 1.73 bits per heavy atom. The van der Waals surface area contributed by atoms with Crippen molar-refractivity contribution in [2.75, 3.05) is 19.0 Å². The molecule has 0 aromatic carbocycles. The molecule has 2 rings (SSSR count). The minimum absolute atomic E-state index is 0.851. The summed E-state index contributed by atoms with van der Waals surface area (Å²) in [4.78, 5) is 14.5. The van der Waals surface area contributed by atoms with Crippen molar-refractivity contribution in [1.29, 1.82) is 0 Å². The molecule has 2 aromatic rings. The summed E-state index contributed by atoms with van der Waals surface area (Å²) in [7, 11) is 3.89. The van der Waals surface area contributed by atoms with Gasteiger partial charge >= 0.3 is 0 Å². The Morgan fingerprint density at radius 3 is 2.40 bits per heavy atom. The molecule has 0 aliphatic rings. The topological polar surface area (TPSA) is 41.9 Å². The van der Waals surface area contributed by atoms with Gasteiger partial charge in [-0.2, -0.15) is 0 Å². The van der Waals surface area contributed by atoms with Crippen LogP contribution in [0.4, 0.5) is 5.82 Å². The predicted octanol–water partition coefficient (Wildman–Crippen LogP) is 1.60. The van der Waals surface area contributed by atoms with Gasteiger partial charge in [0, 0.05) is 32.1 Å². The van der Waals surface area contributed by atoms with Gasteiger partial charge in [-0.25, -0.2) is 4.98 Å². The van der Waals surface area contributed by atoms with Crippen molar-refractivity contribution in [2.24, 2.45) is 0 Å². The largest absolute Gasteiger partial charge is 0.361 e. The number of pyridine rings is 1. The van der Waals surface area contributed by atoms with E-state index in [9.17, 15) is 0 Å². The van der Waals surface area contributed by atoms with E-state index >= 15 is 0 Å². The van der Waals surface area contributed by atoms with Gasteiger partial charge in [-0.15, -0.1) is 0 Å². The highest BCUT2D eigenvalue weighted by molar-refractivity contribution is 5.59. The van der Waals surface area contributed by atoms with Crippen LogP contribution in [0.1, 0.15) is 0 Å². The summed E-state index contributed by atoms with van der Waals surface area (Å²) in [5, 5.41) is 0. The SMILES string of the molecule is CN(C)c1cncc(-c2ccncc2)n1. The number of anilines is 1. The fraction of sp³-hybridized carbons (Fsp3) is 0.182. The molecular weight excluding hydrogens is 188 g/mol. The average molecular weight is 200 g/mol. The van der Waals surface area contributed by atoms with Gasteiger partial charge in [0.05, 0.1) is 18.1 Å². The van der Waals surface area contributed by atoms with Crippen LogP contribution >= 0.6 is 0 Å². The van der Waals surface area contributed by atoms with Crippen LogP contribution < -0.4 is 4.90 Å². The first-order chi connectivity index (χ1) is 7.27. The molecule has 4 heteroatoms. The Balaban J connectivity index is 2.42. The molecule has 0 amide bonds. The standard InChI is InChI=1S/C11H12N4/c1-15(2)11-8-13-7-10(14-11)9-3-5-12-6-4-9/h3-8H,1-2H3. The Hall–Kier alpha value is -1.97. The van der Waals surface area contributed by atoms with Crippen LogP contribution in [0.3, 0.4) is 0 Å². The second-order valence-electron chi connectivity index (χ2n) is 3.39. The number of nitrogens with zero attached hydrogens (tertiary/aromatic N) is 4. The summed E-state index contributed by atoms with van der Waals surface area (Å²) in [6, 6.07) is 3.84. The zero-order valence-corrected chi connectivity index (χ0v) is 8.75. The number of hydrogen-bond donors (Lipinski definition) is 0. The molecule has 0 aliphatic heterocycles. The highest BCUT2D eigenvalue weighted by atomic mass is 15.1. The summed E-state index contributed by atoms with van der Waals surface area (Å²) in [6.07, 6.45) is 6.99. The van der Waals surface area contributed by atoms with Crippen molar-refractivity contribution in [3.8, 4) is 11.3 Å². The third-order valence-corrected chi connectivity index (χ3v) is 2.06. The number of rotatable bonds is 2. The second-order valence-corrected chi connectivity index (χ2v) is 3.39. The van der Waals surface area contributed by atoms with Gasteiger partial charge in [0.2, 0.25) is 0 Å². The third-order valence-electron chi connectivity index (χ3n) is 2.06. The lowest BCUT2D eigenvalue weighted by Gasteiger charge is -2.11. The zero-order chi connectivity index (χ0) is 10.7. The van der Waals surface area contributed by atoms with Crippen LogP contribution in [0.25, 0.3) is 11.3 Å². The molecule has 76 valence electrons. The lowest BCUT2D eigenvalue weighted by molar-refractivity contribution is 1.04. The van der Waals surface area contributed by atoms with Crippen molar-refractivity contribution in [3.63, 3.8) is 0 Å². The Labute approximate surface area is 88.6 Å². The molecule has 0 aliphatic carbocycles. The molecule has 0 saturated heterocycles. The first-order valence-electron chi connectivity index (χ1n) is 4.67. The van der Waals surface area contributed by atoms with Gasteiger partial charge in [0.15, 0.2) is 0 Å². The van der Waals surface area contributed by atoms with E-state index < -0.39 is 0 Å². The Kier molecular flexibility index (Phi) is 2.58. The van der Waals surface area contributed by atoms with Crippen molar-refractivity contribution in [3.05, 3.63) is 36.9 Å². The fourth-order valence-electron chi connectivity index (χ4n) is 1.23. The molecule has 2 heterocycles. The third kappa shape index (κ3) is 2.10. The van der Waals surface area contributed by atoms with Gasteiger partial charge in [-0.05, 0) is 12.1 Å². The Morgan fingerprint density at radius 1 is 1.00 bits per heavy atom. The minimum Gasteiger partial charge on any atom is -0.361 e. The van der Waals surface area contributed by atoms with Gasteiger partial charge < -0.3 is 4.90 Å². The lowest BCUT2D eigenvalue weighted by atomic mass is 10.2. The van der Waals surface area contributed by atoms with E-state index in [2.05, 4.69) is 15.0 Å². The lowest BCUT2D eigenvalue weighted by Crippen LogP contribution is -2.11. The summed E-state index contributed by atoms with van der Waals surface area (Å²) in [5.74, 6) is 0.851. The molecule has 0 saturated carbocycles. The second kappa shape index (κ2) is 4.04. The normalized spacial score (nSPS) is 10.0. The summed E-state index contributed by atoms with van der Waals surface area (Å²) < 4.78 is 0. The van der Waals surface area contributed by atoms with Crippen molar-refractivity contribution in [1.82, 2.24) is 15.0 Å². The van der Waals surface area contributed by atoms with E-state index in [-0.39, 0.29) is 0 Å². The van der Waals surface area contributed by atoms with Crippen molar-refractivity contribution in [2.45, 2.75) is 0 Å². The summed E-state index contributed by atoms with van der Waals surface area (Å²) in [5.41, 5.74) is 1.89. The van der Waals surface area contributed by atoms with E-state index in [1.165, 1.54) is 0 Å². The first kappa shape index (κ1) is 9.58. The van der Waals surface area contributed by atoms with E-state index in [4.69, 9.17) is 0 Å². The fourth-order valence-corrected chi connectivity index (χ4v) is 1.23. The predicted molar refractivity (Wildman–Crippen MR) is 59.6 cm³/mol. The minimum atomic E-state index is 0.851. The molecule has 0 spiro atoms. The maximum absolute atomic E-state index is 4.48. The van der Waals surface area contributed by atoms with Crippen LogP contribution in [0, 0.1) is 0 Å². The molecule has 0 unspecified atom stereocenters. The average Bonchev–Trinajstić information content (AvgIpc) is 2.30. The Bertz CT molecular complexity index is 439. The van der Waals surface area contributed by atoms with Gasteiger partial charge in [-0.3, -0.25) is 9.97 Å². The van der Waals surface area contributed by atoms with Crippen LogP contribution in [-0.2, 0) is 0 Å². The molecule has 2 aromatic heterocycles. The van der Waals surface area contributed by atoms with E-state index in [0.717, 1.165) is 17.1 Å².